The van der Waals surface area contributed by atoms with Crippen molar-refractivity contribution < 1.29 is 39.9 Å². The molecule has 1 N–H and O–H groups in total. The fourth-order valence-electron chi connectivity index (χ4n) is 7.73. The number of aromatic nitrogens is 3. The largest absolute Gasteiger partial charge is 0.416 e. The van der Waals surface area contributed by atoms with Gasteiger partial charge in [-0.25, -0.2) is 31.6 Å². The van der Waals surface area contributed by atoms with Crippen molar-refractivity contribution in [3.8, 4) is 0 Å². The van der Waals surface area contributed by atoms with E-state index in [2.05, 4.69) is 9.97 Å². The molecule has 3 aromatic rings. The number of aliphatic hydroxyl groups is 1. The molecule has 2 aliphatic carbocycles. The quantitative estimate of drug-likeness (QED) is 0.259. The monoisotopic (exact) mass is 710 g/mol. The molecule has 49 heavy (non-hydrogen) atoms. The van der Waals surface area contributed by atoms with Gasteiger partial charge in [0.05, 0.1) is 29.8 Å². The Morgan fingerprint density at radius 1 is 0.939 bits per heavy atom. The van der Waals surface area contributed by atoms with E-state index in [1.54, 1.807) is 0 Å². The molecule has 6 rings (SSSR count). The van der Waals surface area contributed by atoms with Gasteiger partial charge in [-0.3, -0.25) is 4.98 Å². The van der Waals surface area contributed by atoms with Crippen molar-refractivity contribution in [3.63, 3.8) is 0 Å². The van der Waals surface area contributed by atoms with Crippen LogP contribution in [0, 0.1) is 5.41 Å². The first kappa shape index (κ1) is 35.6. The first-order chi connectivity index (χ1) is 22.8. The summed E-state index contributed by atoms with van der Waals surface area (Å²) in [6.45, 7) is 4.86. The summed E-state index contributed by atoms with van der Waals surface area (Å²) in [7, 11) is -3.48. The van der Waals surface area contributed by atoms with Gasteiger partial charge >= 0.3 is 6.18 Å². The SMILES string of the molecule is CC1(C)Cc2nc(C3CCN(c4ncc(S(C)(=O)=O)cn4)CC3)c(C(F)c3ccc(C(F)(F)F)cc3)c(C3CCC(F)(F)CC3)c2[C@@H](O)C1. The van der Waals surface area contributed by atoms with Crippen molar-refractivity contribution in [1.82, 2.24) is 15.0 Å². The highest BCUT2D eigenvalue weighted by Gasteiger charge is 2.44. The summed E-state index contributed by atoms with van der Waals surface area (Å²) < 4.78 is 110. The highest BCUT2D eigenvalue weighted by Crippen LogP contribution is 2.52. The van der Waals surface area contributed by atoms with E-state index in [-0.39, 0.29) is 40.2 Å². The van der Waals surface area contributed by atoms with Crippen molar-refractivity contribution in [3.05, 3.63) is 75.9 Å². The van der Waals surface area contributed by atoms with Crippen molar-refractivity contribution in [1.29, 1.82) is 0 Å². The lowest BCUT2D eigenvalue weighted by atomic mass is 9.68. The first-order valence-corrected chi connectivity index (χ1v) is 18.4. The Kier molecular flexibility index (Phi) is 9.30. The fourth-order valence-corrected chi connectivity index (χ4v) is 8.22. The summed E-state index contributed by atoms with van der Waals surface area (Å²) in [5.41, 5.74) is 0.899. The first-order valence-electron chi connectivity index (χ1n) is 16.5. The number of anilines is 1. The second-order valence-electron chi connectivity index (χ2n) is 14.6. The average molecular weight is 711 g/mol. The zero-order chi connectivity index (χ0) is 35.5. The van der Waals surface area contributed by atoms with Crippen LogP contribution in [0.4, 0.5) is 32.3 Å². The summed E-state index contributed by atoms with van der Waals surface area (Å²) in [6.07, 6.45) is -2.80. The Morgan fingerprint density at radius 3 is 2.08 bits per heavy atom. The van der Waals surface area contributed by atoms with E-state index in [0.29, 0.717) is 67.2 Å². The summed E-state index contributed by atoms with van der Waals surface area (Å²) in [5.74, 6) is -3.31. The number of benzene rings is 1. The number of hydrogen-bond acceptors (Lipinski definition) is 7. The van der Waals surface area contributed by atoms with Crippen LogP contribution < -0.4 is 4.90 Å². The number of hydrogen-bond donors (Lipinski definition) is 1. The topological polar surface area (TPSA) is 96.3 Å². The van der Waals surface area contributed by atoms with Crippen LogP contribution >= 0.6 is 0 Å². The number of fused-ring (bicyclic) bond motifs is 1. The van der Waals surface area contributed by atoms with Crippen molar-refractivity contribution in [2.45, 2.75) is 106 Å². The Labute approximate surface area is 282 Å². The summed E-state index contributed by atoms with van der Waals surface area (Å²) in [5, 5.41) is 11.6. The molecule has 3 aliphatic rings. The molecule has 1 aliphatic heterocycles. The van der Waals surface area contributed by atoms with Crippen LogP contribution in [0.2, 0.25) is 0 Å². The number of rotatable bonds is 6. The Hall–Kier alpha value is -3.26. The average Bonchev–Trinajstić information content (AvgIpc) is 3.02. The summed E-state index contributed by atoms with van der Waals surface area (Å²) in [6, 6.07) is 3.88. The molecule has 0 bridgehead atoms. The van der Waals surface area contributed by atoms with E-state index in [1.165, 1.54) is 12.4 Å². The van der Waals surface area contributed by atoms with E-state index in [9.17, 15) is 35.5 Å². The molecule has 1 unspecified atom stereocenters. The highest BCUT2D eigenvalue weighted by molar-refractivity contribution is 7.90. The van der Waals surface area contributed by atoms with Gasteiger partial charge in [0.25, 0.3) is 0 Å². The Balaban J connectivity index is 1.44. The molecule has 2 fully saturated rings. The molecule has 7 nitrogen and oxygen atoms in total. The van der Waals surface area contributed by atoms with Gasteiger partial charge in [0.15, 0.2) is 16.0 Å². The molecule has 266 valence electrons. The Morgan fingerprint density at radius 2 is 1.53 bits per heavy atom. The lowest BCUT2D eigenvalue weighted by Gasteiger charge is -2.41. The normalized spacial score (nSPS) is 22.5. The second-order valence-corrected chi connectivity index (χ2v) is 16.6. The molecular formula is C35H40F6N4O3S. The van der Waals surface area contributed by atoms with E-state index >= 15 is 4.39 Å². The predicted octanol–water partition coefficient (Wildman–Crippen LogP) is 8.04. The van der Waals surface area contributed by atoms with E-state index < -0.39 is 58.5 Å². The molecule has 0 spiro atoms. The third-order valence-corrected chi connectivity index (χ3v) is 11.3. The van der Waals surface area contributed by atoms with Crippen LogP contribution in [-0.2, 0) is 22.4 Å². The number of piperidine rings is 1. The van der Waals surface area contributed by atoms with Crippen LogP contribution in [0.15, 0.2) is 41.6 Å². The van der Waals surface area contributed by atoms with E-state index in [4.69, 9.17) is 4.98 Å². The second kappa shape index (κ2) is 12.8. The molecule has 2 aromatic heterocycles. The van der Waals surface area contributed by atoms with Gasteiger partial charge in [0.1, 0.15) is 4.90 Å². The third kappa shape index (κ3) is 7.45. The highest BCUT2D eigenvalue weighted by atomic mass is 32.2. The lowest BCUT2D eigenvalue weighted by Crippen LogP contribution is -2.36. The molecule has 0 radical (unpaired) electrons. The molecule has 14 heteroatoms. The molecule has 3 heterocycles. The van der Waals surface area contributed by atoms with Gasteiger partial charge in [-0.1, -0.05) is 26.0 Å². The zero-order valence-corrected chi connectivity index (χ0v) is 28.4. The zero-order valence-electron chi connectivity index (χ0n) is 27.6. The minimum Gasteiger partial charge on any atom is -0.388 e. The standard InChI is InChI=1S/C35H40F6N4O3S/c1-33(2)16-25-28(26(46)17-33)27(20-8-12-34(37,38)13-9-20)29(30(36)21-4-6-23(7-5-21)35(39,40)41)31(44-25)22-10-14-45(15-11-22)32-42-18-24(19-43-32)49(3,47)48/h4-7,18-20,22,26,30,46H,8-17H2,1-3H3/t26-,30?/m0/s1. The van der Waals surface area contributed by atoms with Gasteiger partial charge in [-0.2, -0.15) is 13.2 Å². The van der Waals surface area contributed by atoms with Crippen molar-refractivity contribution in [2.24, 2.45) is 5.41 Å². The Bertz CT molecular complexity index is 1780. The van der Waals surface area contributed by atoms with Crippen molar-refractivity contribution in [2.75, 3.05) is 24.2 Å². The molecular weight excluding hydrogens is 670 g/mol. The van der Waals surface area contributed by atoms with Gasteiger partial charge in [0, 0.05) is 54.9 Å². The molecule has 1 aromatic carbocycles. The molecule has 2 atom stereocenters. The fraction of sp³-hybridized carbons (Fsp3) is 0.571. The molecule has 1 saturated heterocycles. The van der Waals surface area contributed by atoms with E-state index in [1.807, 2.05) is 18.7 Å². The number of aliphatic hydroxyl groups excluding tert-OH is 1. The number of halogens is 6. The van der Waals surface area contributed by atoms with Gasteiger partial charge in [-0.15, -0.1) is 0 Å². The number of sulfone groups is 1. The summed E-state index contributed by atoms with van der Waals surface area (Å²) >= 11 is 0. The van der Waals surface area contributed by atoms with Crippen LogP contribution in [-0.4, -0.2) is 53.7 Å². The number of pyridine rings is 1. The third-order valence-electron chi connectivity index (χ3n) is 10.3. The minimum atomic E-state index is -4.61. The van der Waals surface area contributed by atoms with E-state index in [0.717, 1.165) is 30.5 Å². The molecule has 0 amide bonds. The van der Waals surface area contributed by atoms with Gasteiger partial charge in [0.2, 0.25) is 11.9 Å². The lowest BCUT2D eigenvalue weighted by molar-refractivity contribution is -0.137. The van der Waals surface area contributed by atoms with Gasteiger partial charge in [-0.05, 0) is 73.1 Å². The maximum absolute atomic E-state index is 17.2. The minimum absolute atomic E-state index is 0.00981. The smallest absolute Gasteiger partial charge is 0.388 e. The number of nitrogens with zero attached hydrogens (tertiary/aromatic N) is 4. The van der Waals surface area contributed by atoms with Crippen LogP contribution in [0.5, 0.6) is 0 Å². The molecule has 1 saturated carbocycles. The van der Waals surface area contributed by atoms with Crippen LogP contribution in [0.3, 0.4) is 0 Å². The van der Waals surface area contributed by atoms with Crippen molar-refractivity contribution >= 4 is 15.8 Å². The maximum atomic E-state index is 17.2. The summed E-state index contributed by atoms with van der Waals surface area (Å²) in [4.78, 5) is 15.4. The van der Waals surface area contributed by atoms with Crippen LogP contribution in [0.1, 0.15) is 122 Å². The maximum Gasteiger partial charge on any atom is 0.416 e. The van der Waals surface area contributed by atoms with Gasteiger partial charge < -0.3 is 10.0 Å². The predicted molar refractivity (Wildman–Crippen MR) is 171 cm³/mol. The number of alkyl halides is 6. The van der Waals surface area contributed by atoms with Crippen LogP contribution in [0.25, 0.3) is 0 Å².